The summed E-state index contributed by atoms with van der Waals surface area (Å²) in [6.45, 7) is 1.72. The third-order valence-electron chi connectivity index (χ3n) is 3.09. The van der Waals surface area contributed by atoms with E-state index in [9.17, 15) is 5.11 Å². The van der Waals surface area contributed by atoms with Gasteiger partial charge >= 0.3 is 0 Å². The fourth-order valence-electron chi connectivity index (χ4n) is 2.06. The third-order valence-corrected chi connectivity index (χ3v) is 3.09. The van der Waals surface area contributed by atoms with Gasteiger partial charge in [-0.1, -0.05) is 18.2 Å². The number of nitrogens with one attached hydrogen (secondary N) is 1. The summed E-state index contributed by atoms with van der Waals surface area (Å²) in [4.78, 5) is 0. The van der Waals surface area contributed by atoms with Crippen molar-refractivity contribution in [1.29, 1.82) is 0 Å². The molecule has 2 rings (SSSR count). The molecule has 0 aliphatic carbocycles. The molecule has 1 heterocycles. The van der Waals surface area contributed by atoms with Gasteiger partial charge in [0.1, 0.15) is 5.60 Å². The zero-order chi connectivity index (χ0) is 13.2. The van der Waals surface area contributed by atoms with E-state index in [1.54, 1.807) is 21.1 Å². The predicted octanol–water partition coefficient (Wildman–Crippen LogP) is 1.78. The van der Waals surface area contributed by atoms with E-state index in [4.69, 9.17) is 9.47 Å². The van der Waals surface area contributed by atoms with E-state index in [0.29, 0.717) is 12.1 Å². The lowest BCUT2D eigenvalue weighted by molar-refractivity contribution is -0.142. The molecule has 1 unspecified atom stereocenters. The van der Waals surface area contributed by atoms with E-state index in [2.05, 4.69) is 10.2 Å². The van der Waals surface area contributed by atoms with Gasteiger partial charge in [0, 0.05) is 26.0 Å². The van der Waals surface area contributed by atoms with E-state index < -0.39 is 11.9 Å². The zero-order valence-electron chi connectivity index (χ0n) is 10.8. The fourth-order valence-corrected chi connectivity index (χ4v) is 2.06. The second-order valence-corrected chi connectivity index (χ2v) is 4.49. The first-order valence-electron chi connectivity index (χ1n) is 5.80. The molecule has 0 fully saturated rings. The average Bonchev–Trinajstić information content (AvgIpc) is 2.80. The maximum absolute atomic E-state index is 10.6. The number of aliphatic hydroxyl groups is 1. The largest absolute Gasteiger partial charge is 0.384 e. The van der Waals surface area contributed by atoms with Crippen LogP contribution in [0.25, 0.3) is 10.9 Å². The molecule has 5 nitrogen and oxygen atoms in total. The van der Waals surface area contributed by atoms with Gasteiger partial charge in [0.15, 0.2) is 6.29 Å². The predicted molar refractivity (Wildman–Crippen MR) is 68.1 cm³/mol. The maximum atomic E-state index is 10.6. The van der Waals surface area contributed by atoms with Crippen molar-refractivity contribution in [2.45, 2.75) is 25.2 Å². The Bertz CT molecular complexity index is 518. The van der Waals surface area contributed by atoms with Crippen LogP contribution in [-0.2, 0) is 15.1 Å². The molecule has 0 bridgehead atoms. The molecule has 0 saturated carbocycles. The molecule has 0 aliphatic heterocycles. The van der Waals surface area contributed by atoms with Crippen LogP contribution in [0.1, 0.15) is 19.0 Å². The number of nitrogens with zero attached hydrogens (tertiary/aromatic N) is 1. The number of methoxy groups -OCH3 is 2. The second-order valence-electron chi connectivity index (χ2n) is 4.49. The molecule has 0 aliphatic rings. The number of hydrogen-bond acceptors (Lipinski definition) is 4. The van der Waals surface area contributed by atoms with E-state index >= 15 is 0 Å². The van der Waals surface area contributed by atoms with Crippen LogP contribution in [0, 0.1) is 0 Å². The molecule has 98 valence electrons. The topological polar surface area (TPSA) is 67.4 Å². The van der Waals surface area contributed by atoms with Gasteiger partial charge in [0.25, 0.3) is 0 Å². The molecule has 2 N–H and O–H groups in total. The van der Waals surface area contributed by atoms with Gasteiger partial charge in [0.2, 0.25) is 0 Å². The fraction of sp³-hybridized carbons (Fsp3) is 0.462. The van der Waals surface area contributed by atoms with Gasteiger partial charge in [-0.15, -0.1) is 0 Å². The minimum absolute atomic E-state index is 0.326. The van der Waals surface area contributed by atoms with Crippen molar-refractivity contribution in [3.8, 4) is 0 Å². The van der Waals surface area contributed by atoms with Crippen LogP contribution >= 0.6 is 0 Å². The van der Waals surface area contributed by atoms with Crippen LogP contribution in [0.15, 0.2) is 24.3 Å². The maximum Gasteiger partial charge on any atom is 0.159 e. The molecule has 0 amide bonds. The highest BCUT2D eigenvalue weighted by atomic mass is 16.7. The summed E-state index contributed by atoms with van der Waals surface area (Å²) in [5.41, 5.74) is 0.420. The molecule has 1 aromatic carbocycles. The summed E-state index contributed by atoms with van der Waals surface area (Å²) < 4.78 is 10.3. The smallest absolute Gasteiger partial charge is 0.159 e. The number of aromatic nitrogens is 2. The Morgan fingerprint density at radius 3 is 2.67 bits per heavy atom. The van der Waals surface area contributed by atoms with E-state index in [0.717, 1.165) is 10.9 Å². The van der Waals surface area contributed by atoms with Gasteiger partial charge in [-0.3, -0.25) is 5.10 Å². The van der Waals surface area contributed by atoms with Crippen LogP contribution in [0.4, 0.5) is 0 Å². The lowest BCUT2D eigenvalue weighted by atomic mass is 9.95. The molecule has 1 atom stereocenters. The van der Waals surface area contributed by atoms with Crippen molar-refractivity contribution >= 4 is 10.9 Å². The average molecular weight is 250 g/mol. The highest BCUT2D eigenvalue weighted by Gasteiger charge is 2.31. The first-order valence-corrected chi connectivity index (χ1v) is 5.80. The molecule has 2 aromatic rings. The lowest BCUT2D eigenvalue weighted by Crippen LogP contribution is -2.30. The summed E-state index contributed by atoms with van der Waals surface area (Å²) in [6.07, 6.45) is -0.131. The number of H-pyrrole nitrogens is 1. The Kier molecular flexibility index (Phi) is 3.65. The third kappa shape index (κ3) is 2.38. The van der Waals surface area contributed by atoms with Crippen molar-refractivity contribution in [2.75, 3.05) is 14.2 Å². The Labute approximate surface area is 106 Å². The molecule has 0 radical (unpaired) electrons. The Morgan fingerprint density at radius 2 is 2.00 bits per heavy atom. The SMILES string of the molecule is COC(CC(C)(O)c1[nH]nc2ccccc12)OC. The van der Waals surface area contributed by atoms with Gasteiger partial charge in [-0.05, 0) is 13.0 Å². The van der Waals surface area contributed by atoms with Crippen molar-refractivity contribution in [2.24, 2.45) is 0 Å². The molecule has 0 spiro atoms. The number of ether oxygens (including phenoxy) is 2. The monoisotopic (exact) mass is 250 g/mol. The van der Waals surface area contributed by atoms with Gasteiger partial charge < -0.3 is 14.6 Å². The van der Waals surface area contributed by atoms with Crippen LogP contribution in [-0.4, -0.2) is 35.8 Å². The number of para-hydroxylation sites is 1. The number of fused-ring (bicyclic) bond motifs is 1. The second kappa shape index (κ2) is 5.06. The highest BCUT2D eigenvalue weighted by molar-refractivity contribution is 5.81. The normalized spacial score (nSPS) is 15.2. The van der Waals surface area contributed by atoms with Crippen molar-refractivity contribution in [1.82, 2.24) is 10.2 Å². The van der Waals surface area contributed by atoms with Crippen molar-refractivity contribution in [3.63, 3.8) is 0 Å². The number of aromatic amines is 1. The summed E-state index contributed by atoms with van der Waals surface area (Å²) in [5.74, 6) is 0. The zero-order valence-corrected chi connectivity index (χ0v) is 10.8. The van der Waals surface area contributed by atoms with Crippen LogP contribution in [0.2, 0.25) is 0 Å². The van der Waals surface area contributed by atoms with Crippen LogP contribution in [0.3, 0.4) is 0 Å². The molecular weight excluding hydrogens is 232 g/mol. The molecule has 0 saturated heterocycles. The van der Waals surface area contributed by atoms with Gasteiger partial charge in [-0.25, -0.2) is 0 Å². The van der Waals surface area contributed by atoms with Gasteiger partial charge in [-0.2, -0.15) is 5.10 Å². The molecule has 5 heteroatoms. The first kappa shape index (κ1) is 13.0. The summed E-state index contributed by atoms with van der Waals surface area (Å²) in [7, 11) is 3.10. The molecule has 1 aromatic heterocycles. The Balaban J connectivity index is 2.34. The van der Waals surface area contributed by atoms with E-state index in [-0.39, 0.29) is 0 Å². The first-order chi connectivity index (χ1) is 8.58. The molecule has 18 heavy (non-hydrogen) atoms. The molecular formula is C13H18N2O3. The number of benzene rings is 1. The van der Waals surface area contributed by atoms with E-state index in [1.807, 2.05) is 24.3 Å². The number of hydrogen-bond donors (Lipinski definition) is 2. The van der Waals surface area contributed by atoms with Gasteiger partial charge in [0.05, 0.1) is 11.2 Å². The summed E-state index contributed by atoms with van der Waals surface area (Å²) in [6, 6.07) is 7.66. The van der Waals surface area contributed by atoms with Crippen LogP contribution < -0.4 is 0 Å². The van der Waals surface area contributed by atoms with E-state index in [1.165, 1.54) is 0 Å². The van der Waals surface area contributed by atoms with Crippen molar-refractivity contribution < 1.29 is 14.6 Å². The summed E-state index contributed by atoms with van der Waals surface area (Å²) in [5, 5.41) is 18.6. The Hall–Kier alpha value is -1.43. The number of rotatable bonds is 5. The highest BCUT2D eigenvalue weighted by Crippen LogP contribution is 2.30. The lowest BCUT2D eigenvalue weighted by Gasteiger charge is -2.26. The quantitative estimate of drug-likeness (QED) is 0.794. The summed E-state index contributed by atoms with van der Waals surface area (Å²) >= 11 is 0. The Morgan fingerprint density at radius 1 is 1.33 bits per heavy atom. The minimum Gasteiger partial charge on any atom is -0.384 e. The van der Waals surface area contributed by atoms with Crippen LogP contribution in [0.5, 0.6) is 0 Å². The standard InChI is InChI=1S/C13H18N2O3/c1-13(16,8-11(17-2)18-3)12-9-6-4-5-7-10(9)14-15-12/h4-7,11,16H,8H2,1-3H3,(H,14,15). The minimum atomic E-state index is -1.09. The van der Waals surface area contributed by atoms with Crippen molar-refractivity contribution in [3.05, 3.63) is 30.0 Å².